The van der Waals surface area contributed by atoms with Gasteiger partial charge in [0.15, 0.2) is 0 Å². The third-order valence-corrected chi connectivity index (χ3v) is 4.85. The number of aromatic nitrogens is 2. The van der Waals surface area contributed by atoms with Gasteiger partial charge in [-0.15, -0.1) is 0 Å². The highest BCUT2D eigenvalue weighted by Crippen LogP contribution is 2.34. The maximum atomic E-state index is 13.0. The fourth-order valence-electron chi connectivity index (χ4n) is 3.50. The van der Waals surface area contributed by atoms with Crippen LogP contribution in [0.5, 0.6) is 0 Å². The van der Waals surface area contributed by atoms with E-state index in [0.29, 0.717) is 21.7 Å². The molecular weight excluding hydrogens is 300 g/mol. The SMILES string of the molecule is Cc1onc2c1c(=O)n(C1C[CH]CCC1)c1cccc(Cl)c21. The molecule has 4 nitrogen and oxygen atoms in total. The summed E-state index contributed by atoms with van der Waals surface area (Å²) < 4.78 is 7.16. The quantitative estimate of drug-likeness (QED) is 0.667. The number of nitrogens with zero attached hydrogens (tertiary/aromatic N) is 2. The molecule has 0 amide bonds. The molecule has 1 atom stereocenters. The van der Waals surface area contributed by atoms with Gasteiger partial charge in [0.25, 0.3) is 5.56 Å². The lowest BCUT2D eigenvalue weighted by molar-refractivity contribution is 0.403. The zero-order valence-electron chi connectivity index (χ0n) is 12.3. The van der Waals surface area contributed by atoms with Crippen molar-refractivity contribution in [1.82, 2.24) is 9.72 Å². The summed E-state index contributed by atoms with van der Waals surface area (Å²) in [5, 5.41) is 6.03. The molecule has 1 radical (unpaired) electrons. The van der Waals surface area contributed by atoms with Gasteiger partial charge in [0.05, 0.1) is 10.5 Å². The van der Waals surface area contributed by atoms with Gasteiger partial charge in [-0.2, -0.15) is 0 Å². The number of pyridine rings is 1. The summed E-state index contributed by atoms with van der Waals surface area (Å²) in [5.74, 6) is 0.551. The normalized spacial score (nSPS) is 16.6. The summed E-state index contributed by atoms with van der Waals surface area (Å²) in [4.78, 5) is 13.0. The van der Waals surface area contributed by atoms with Crippen molar-refractivity contribution in [2.45, 2.75) is 38.6 Å². The molecule has 3 aromatic rings. The second kappa shape index (κ2) is 5.13. The van der Waals surface area contributed by atoms with Crippen LogP contribution in [0.1, 0.15) is 37.5 Å². The number of aryl methyl sites for hydroxylation is 1. The molecule has 2 heterocycles. The zero-order chi connectivity index (χ0) is 15.3. The van der Waals surface area contributed by atoms with E-state index < -0.39 is 0 Å². The first-order valence-corrected chi connectivity index (χ1v) is 7.96. The van der Waals surface area contributed by atoms with Gasteiger partial charge < -0.3 is 9.09 Å². The summed E-state index contributed by atoms with van der Waals surface area (Å²) in [6, 6.07) is 5.84. The first-order valence-electron chi connectivity index (χ1n) is 7.59. The molecule has 5 heteroatoms. The van der Waals surface area contributed by atoms with E-state index in [9.17, 15) is 4.79 Å². The van der Waals surface area contributed by atoms with Crippen LogP contribution in [0.25, 0.3) is 21.8 Å². The number of benzene rings is 1. The summed E-state index contributed by atoms with van der Waals surface area (Å²) in [6.07, 6.45) is 6.42. The predicted molar refractivity (Wildman–Crippen MR) is 87.3 cm³/mol. The highest BCUT2D eigenvalue weighted by atomic mass is 35.5. The van der Waals surface area contributed by atoms with E-state index in [1.807, 2.05) is 22.8 Å². The average Bonchev–Trinajstić information content (AvgIpc) is 2.91. The van der Waals surface area contributed by atoms with Crippen LogP contribution in [-0.4, -0.2) is 9.72 Å². The minimum atomic E-state index is -0.0242. The van der Waals surface area contributed by atoms with Gasteiger partial charge in [-0.05, 0) is 38.3 Å². The van der Waals surface area contributed by atoms with Crippen molar-refractivity contribution in [1.29, 1.82) is 0 Å². The Bertz CT molecular complexity index is 920. The Morgan fingerprint density at radius 3 is 3.00 bits per heavy atom. The number of rotatable bonds is 1. The van der Waals surface area contributed by atoms with E-state index in [1.54, 1.807) is 6.92 Å². The monoisotopic (exact) mass is 315 g/mol. The number of hydrogen-bond donors (Lipinski definition) is 0. The highest BCUT2D eigenvalue weighted by molar-refractivity contribution is 6.37. The van der Waals surface area contributed by atoms with Crippen molar-refractivity contribution in [2.24, 2.45) is 0 Å². The number of fused-ring (bicyclic) bond motifs is 3. The van der Waals surface area contributed by atoms with Gasteiger partial charge in [0, 0.05) is 11.4 Å². The van der Waals surface area contributed by atoms with Crippen molar-refractivity contribution in [2.75, 3.05) is 0 Å². The second-order valence-electron chi connectivity index (χ2n) is 5.88. The topological polar surface area (TPSA) is 48.0 Å². The largest absolute Gasteiger partial charge is 0.360 e. The molecule has 1 unspecified atom stereocenters. The molecule has 0 saturated heterocycles. The highest BCUT2D eigenvalue weighted by Gasteiger charge is 2.24. The van der Waals surface area contributed by atoms with Crippen LogP contribution in [0.3, 0.4) is 0 Å². The van der Waals surface area contributed by atoms with Crippen LogP contribution in [0.2, 0.25) is 5.02 Å². The van der Waals surface area contributed by atoms with Crippen LogP contribution in [-0.2, 0) is 0 Å². The maximum absolute atomic E-state index is 13.0. The Morgan fingerprint density at radius 2 is 2.23 bits per heavy atom. The molecule has 113 valence electrons. The lowest BCUT2D eigenvalue weighted by Crippen LogP contribution is -2.27. The Morgan fingerprint density at radius 1 is 1.36 bits per heavy atom. The molecule has 1 aromatic carbocycles. The maximum Gasteiger partial charge on any atom is 0.264 e. The van der Waals surface area contributed by atoms with Gasteiger partial charge in [0.1, 0.15) is 16.7 Å². The molecule has 1 aliphatic carbocycles. The van der Waals surface area contributed by atoms with Crippen LogP contribution < -0.4 is 5.56 Å². The van der Waals surface area contributed by atoms with E-state index >= 15 is 0 Å². The molecule has 2 aromatic heterocycles. The van der Waals surface area contributed by atoms with Crippen molar-refractivity contribution < 1.29 is 4.52 Å². The molecule has 0 bridgehead atoms. The molecule has 0 N–H and O–H groups in total. The van der Waals surface area contributed by atoms with Crippen molar-refractivity contribution >= 4 is 33.4 Å². The first kappa shape index (κ1) is 13.8. The minimum Gasteiger partial charge on any atom is -0.360 e. The fourth-order valence-corrected chi connectivity index (χ4v) is 3.75. The van der Waals surface area contributed by atoms with E-state index in [1.165, 1.54) is 0 Å². The number of halogens is 1. The van der Waals surface area contributed by atoms with E-state index in [0.717, 1.165) is 36.6 Å². The summed E-state index contributed by atoms with van der Waals surface area (Å²) in [7, 11) is 0. The van der Waals surface area contributed by atoms with Crippen molar-refractivity contribution in [3.63, 3.8) is 0 Å². The van der Waals surface area contributed by atoms with Crippen molar-refractivity contribution in [3.8, 4) is 0 Å². The van der Waals surface area contributed by atoms with Crippen LogP contribution in [0, 0.1) is 13.3 Å². The first-order chi connectivity index (χ1) is 10.7. The molecule has 1 saturated carbocycles. The molecule has 22 heavy (non-hydrogen) atoms. The van der Waals surface area contributed by atoms with Gasteiger partial charge in [-0.1, -0.05) is 35.7 Å². The Balaban J connectivity index is 2.17. The molecule has 0 spiro atoms. The van der Waals surface area contributed by atoms with Gasteiger partial charge in [-0.3, -0.25) is 4.79 Å². The summed E-state index contributed by atoms with van der Waals surface area (Å²) >= 11 is 6.40. The Hall–Kier alpha value is -1.81. The second-order valence-corrected chi connectivity index (χ2v) is 6.29. The molecule has 0 aliphatic heterocycles. The zero-order valence-corrected chi connectivity index (χ0v) is 13.1. The molecule has 1 aliphatic rings. The molecule has 1 fully saturated rings. The number of hydrogen-bond acceptors (Lipinski definition) is 3. The molecular formula is C17H16ClN2O2. The third-order valence-electron chi connectivity index (χ3n) is 4.53. The standard InChI is InChI=1S/C17H16ClN2O2/c1-10-14-16(19-22-10)15-12(18)8-5-9-13(15)20(17(14)21)11-6-3-2-4-7-11/h3,5,8-9,11H,2,4,6-7H2,1H3. The summed E-state index contributed by atoms with van der Waals surface area (Å²) in [5.41, 5.74) is 1.39. The van der Waals surface area contributed by atoms with E-state index in [-0.39, 0.29) is 11.6 Å². The third kappa shape index (κ3) is 1.90. The van der Waals surface area contributed by atoms with Crippen LogP contribution in [0.15, 0.2) is 27.5 Å². The van der Waals surface area contributed by atoms with Gasteiger partial charge in [0.2, 0.25) is 0 Å². The summed E-state index contributed by atoms with van der Waals surface area (Å²) in [6.45, 7) is 1.77. The van der Waals surface area contributed by atoms with Gasteiger partial charge in [-0.25, -0.2) is 0 Å². The van der Waals surface area contributed by atoms with E-state index in [4.69, 9.17) is 16.1 Å². The minimum absolute atomic E-state index is 0.0242. The lowest BCUT2D eigenvalue weighted by atomic mass is 9.94. The smallest absolute Gasteiger partial charge is 0.264 e. The van der Waals surface area contributed by atoms with Gasteiger partial charge >= 0.3 is 0 Å². The Kier molecular flexibility index (Phi) is 3.22. The van der Waals surface area contributed by atoms with Crippen LogP contribution in [0.4, 0.5) is 0 Å². The van der Waals surface area contributed by atoms with Crippen LogP contribution >= 0.6 is 11.6 Å². The van der Waals surface area contributed by atoms with E-state index in [2.05, 4.69) is 11.6 Å². The molecule has 4 rings (SSSR count). The predicted octanol–water partition coefficient (Wildman–Crippen LogP) is 4.42. The lowest BCUT2D eigenvalue weighted by Gasteiger charge is -2.25. The Labute approximate surface area is 132 Å². The van der Waals surface area contributed by atoms with Crippen molar-refractivity contribution in [3.05, 3.63) is 45.8 Å². The average molecular weight is 316 g/mol. The fraction of sp³-hybridized carbons (Fsp3) is 0.353.